The summed E-state index contributed by atoms with van der Waals surface area (Å²) in [5.74, 6) is 0.774. The van der Waals surface area contributed by atoms with Crippen molar-refractivity contribution >= 4 is 23.1 Å². The van der Waals surface area contributed by atoms with Gasteiger partial charge in [0, 0.05) is 4.88 Å². The number of amides is 1. The Labute approximate surface area is 120 Å². The zero-order valence-electron chi connectivity index (χ0n) is 13.0. The third-order valence-corrected chi connectivity index (χ3v) is 3.92. The summed E-state index contributed by atoms with van der Waals surface area (Å²) in [5.41, 5.74) is 1.64. The SMILES string of the molecule is CC(C)c1csc(C(C)C)c1NC(=O)OC(C)(C)C. The summed E-state index contributed by atoms with van der Waals surface area (Å²) in [5, 5.41) is 5.06. The lowest BCUT2D eigenvalue weighted by molar-refractivity contribution is 0.0635. The molecule has 0 radical (unpaired) electrons. The molecular weight excluding hydrogens is 258 g/mol. The minimum Gasteiger partial charge on any atom is -0.444 e. The number of rotatable bonds is 3. The Morgan fingerprint density at radius 1 is 1.21 bits per heavy atom. The third-order valence-electron chi connectivity index (χ3n) is 2.62. The summed E-state index contributed by atoms with van der Waals surface area (Å²) in [6.07, 6.45) is -0.380. The van der Waals surface area contributed by atoms with E-state index in [0.29, 0.717) is 11.8 Å². The van der Waals surface area contributed by atoms with Gasteiger partial charge in [0.25, 0.3) is 0 Å². The molecule has 108 valence electrons. The molecule has 0 aliphatic rings. The Kier molecular flexibility index (Phi) is 5.02. The van der Waals surface area contributed by atoms with Crippen LogP contribution in [0.15, 0.2) is 5.38 Å². The van der Waals surface area contributed by atoms with Gasteiger partial charge in [0.2, 0.25) is 0 Å². The van der Waals surface area contributed by atoms with Crippen molar-refractivity contribution < 1.29 is 9.53 Å². The molecule has 0 spiro atoms. The molecular formula is C15H25NO2S. The van der Waals surface area contributed by atoms with E-state index in [1.54, 1.807) is 11.3 Å². The summed E-state index contributed by atoms with van der Waals surface area (Å²) >= 11 is 1.70. The van der Waals surface area contributed by atoms with Crippen molar-refractivity contribution in [2.75, 3.05) is 5.32 Å². The molecule has 0 unspecified atom stereocenters. The fraction of sp³-hybridized carbons (Fsp3) is 0.667. The maximum atomic E-state index is 11.9. The largest absolute Gasteiger partial charge is 0.444 e. The second-order valence-electron chi connectivity index (χ2n) is 6.37. The smallest absolute Gasteiger partial charge is 0.412 e. The third kappa shape index (κ3) is 4.53. The fourth-order valence-corrected chi connectivity index (χ4v) is 2.98. The fourth-order valence-electron chi connectivity index (χ4n) is 1.78. The molecule has 0 fully saturated rings. The minimum absolute atomic E-state index is 0.380. The Balaban J connectivity index is 2.98. The van der Waals surface area contributed by atoms with Crippen LogP contribution in [0.3, 0.4) is 0 Å². The number of nitrogens with one attached hydrogen (secondary N) is 1. The number of thiophene rings is 1. The maximum absolute atomic E-state index is 11.9. The van der Waals surface area contributed by atoms with Gasteiger partial charge in [-0.15, -0.1) is 11.3 Å². The topological polar surface area (TPSA) is 38.3 Å². The summed E-state index contributed by atoms with van der Waals surface area (Å²) in [4.78, 5) is 13.2. The molecule has 1 N–H and O–H groups in total. The van der Waals surface area contributed by atoms with Crippen LogP contribution in [0.25, 0.3) is 0 Å². The van der Waals surface area contributed by atoms with Crippen LogP contribution in [0.2, 0.25) is 0 Å². The van der Waals surface area contributed by atoms with Crippen molar-refractivity contribution in [1.82, 2.24) is 0 Å². The van der Waals surface area contributed by atoms with E-state index in [9.17, 15) is 4.79 Å². The van der Waals surface area contributed by atoms with Crippen LogP contribution < -0.4 is 5.32 Å². The van der Waals surface area contributed by atoms with E-state index in [4.69, 9.17) is 4.74 Å². The molecule has 1 amide bonds. The average Bonchev–Trinajstić information content (AvgIpc) is 2.57. The van der Waals surface area contributed by atoms with Gasteiger partial charge in [-0.1, -0.05) is 27.7 Å². The molecule has 0 aliphatic carbocycles. The Hall–Kier alpha value is -1.03. The first-order valence-corrected chi connectivity index (χ1v) is 7.61. The first kappa shape index (κ1) is 16.0. The van der Waals surface area contributed by atoms with Crippen LogP contribution in [0.1, 0.15) is 70.7 Å². The van der Waals surface area contributed by atoms with Gasteiger partial charge < -0.3 is 4.74 Å². The highest BCUT2D eigenvalue weighted by molar-refractivity contribution is 7.10. The van der Waals surface area contributed by atoms with Gasteiger partial charge in [0.05, 0.1) is 5.69 Å². The van der Waals surface area contributed by atoms with Gasteiger partial charge >= 0.3 is 6.09 Å². The van der Waals surface area contributed by atoms with Crippen molar-refractivity contribution in [2.24, 2.45) is 0 Å². The molecule has 1 aromatic heterocycles. The molecule has 1 heterocycles. The van der Waals surface area contributed by atoms with Crippen LogP contribution >= 0.6 is 11.3 Å². The number of carbonyl (C=O) groups excluding carboxylic acids is 1. The Morgan fingerprint density at radius 3 is 2.21 bits per heavy atom. The van der Waals surface area contributed by atoms with Crippen LogP contribution in [-0.4, -0.2) is 11.7 Å². The van der Waals surface area contributed by atoms with Crippen LogP contribution in [0.4, 0.5) is 10.5 Å². The lowest BCUT2D eigenvalue weighted by Crippen LogP contribution is -2.27. The highest BCUT2D eigenvalue weighted by atomic mass is 32.1. The normalized spacial score (nSPS) is 12.1. The lowest BCUT2D eigenvalue weighted by atomic mass is 10.0. The standard InChI is InChI=1S/C15H25NO2S/c1-9(2)11-8-19-13(10(3)4)12(11)16-14(17)18-15(5,6)7/h8-10H,1-7H3,(H,16,17). The zero-order valence-corrected chi connectivity index (χ0v) is 13.8. The second kappa shape index (κ2) is 5.95. The molecule has 1 aromatic rings. The molecule has 0 saturated heterocycles. The Morgan fingerprint density at radius 2 is 1.79 bits per heavy atom. The predicted octanol–water partition coefficient (Wildman–Crippen LogP) is 5.34. The zero-order chi connectivity index (χ0) is 14.8. The van der Waals surface area contributed by atoms with Crippen molar-refractivity contribution in [2.45, 2.75) is 65.9 Å². The Bertz CT molecular complexity index is 416. The van der Waals surface area contributed by atoms with Crippen LogP contribution in [0.5, 0.6) is 0 Å². The van der Waals surface area contributed by atoms with Crippen molar-refractivity contribution in [3.05, 3.63) is 15.8 Å². The first-order chi connectivity index (χ1) is 8.61. The van der Waals surface area contributed by atoms with E-state index in [2.05, 4.69) is 38.4 Å². The second-order valence-corrected chi connectivity index (χ2v) is 7.28. The number of hydrogen-bond donors (Lipinski definition) is 1. The number of hydrogen-bond acceptors (Lipinski definition) is 3. The van der Waals surface area contributed by atoms with Crippen molar-refractivity contribution in [1.29, 1.82) is 0 Å². The maximum Gasteiger partial charge on any atom is 0.412 e. The quantitative estimate of drug-likeness (QED) is 0.813. The molecule has 0 aliphatic heterocycles. The average molecular weight is 283 g/mol. The summed E-state index contributed by atoms with van der Waals surface area (Å²) in [6.45, 7) is 14.1. The number of ether oxygens (including phenoxy) is 1. The van der Waals surface area contributed by atoms with Gasteiger partial charge in [-0.2, -0.15) is 0 Å². The molecule has 0 atom stereocenters. The molecule has 3 nitrogen and oxygen atoms in total. The van der Waals surface area contributed by atoms with Crippen molar-refractivity contribution in [3.63, 3.8) is 0 Å². The van der Waals surface area contributed by atoms with E-state index in [1.165, 1.54) is 10.4 Å². The number of anilines is 1. The van der Waals surface area contributed by atoms with Gasteiger partial charge in [-0.05, 0) is 43.6 Å². The van der Waals surface area contributed by atoms with Gasteiger partial charge in [0.15, 0.2) is 0 Å². The highest BCUT2D eigenvalue weighted by Gasteiger charge is 2.21. The highest BCUT2D eigenvalue weighted by Crippen LogP contribution is 2.38. The van der Waals surface area contributed by atoms with Crippen LogP contribution in [-0.2, 0) is 4.74 Å². The van der Waals surface area contributed by atoms with Gasteiger partial charge in [-0.3, -0.25) is 5.32 Å². The number of carbonyl (C=O) groups is 1. The van der Waals surface area contributed by atoms with Crippen molar-refractivity contribution in [3.8, 4) is 0 Å². The summed E-state index contributed by atoms with van der Waals surface area (Å²) in [6, 6.07) is 0. The molecule has 0 saturated carbocycles. The summed E-state index contributed by atoms with van der Waals surface area (Å²) in [7, 11) is 0. The minimum atomic E-state index is -0.476. The monoisotopic (exact) mass is 283 g/mol. The lowest BCUT2D eigenvalue weighted by Gasteiger charge is -2.21. The molecule has 1 rings (SSSR count). The van der Waals surface area contributed by atoms with Crippen LogP contribution in [0, 0.1) is 0 Å². The molecule has 4 heteroatoms. The van der Waals surface area contributed by atoms with E-state index in [0.717, 1.165) is 5.69 Å². The van der Waals surface area contributed by atoms with Gasteiger partial charge in [-0.25, -0.2) is 4.79 Å². The molecule has 0 aromatic carbocycles. The van der Waals surface area contributed by atoms with Gasteiger partial charge in [0.1, 0.15) is 5.60 Å². The molecule has 0 bridgehead atoms. The van der Waals surface area contributed by atoms with E-state index < -0.39 is 5.60 Å². The van der Waals surface area contributed by atoms with E-state index >= 15 is 0 Å². The predicted molar refractivity (Wildman–Crippen MR) is 82.4 cm³/mol. The first-order valence-electron chi connectivity index (χ1n) is 6.73. The van der Waals surface area contributed by atoms with E-state index in [1.807, 2.05) is 20.8 Å². The summed E-state index contributed by atoms with van der Waals surface area (Å²) < 4.78 is 5.34. The molecule has 19 heavy (non-hydrogen) atoms. The van der Waals surface area contributed by atoms with E-state index in [-0.39, 0.29) is 6.09 Å².